The van der Waals surface area contributed by atoms with Gasteiger partial charge in [0.1, 0.15) is 6.67 Å². The van der Waals surface area contributed by atoms with Crippen LogP contribution in [0.2, 0.25) is 0 Å². The second-order valence-electron chi connectivity index (χ2n) is 7.06. The van der Waals surface area contributed by atoms with Gasteiger partial charge in [-0.1, -0.05) is 41.5 Å². The van der Waals surface area contributed by atoms with Gasteiger partial charge in [0.25, 0.3) is 0 Å². The minimum Gasteiger partial charge on any atom is -0.278 e. The average Bonchev–Trinajstić information content (AvgIpc) is 2.28. The van der Waals surface area contributed by atoms with E-state index >= 15 is 0 Å². The highest BCUT2D eigenvalue weighted by atomic mass is 15.4. The Balaban J connectivity index is 2.33. The van der Waals surface area contributed by atoms with Gasteiger partial charge in [-0.05, 0) is 10.8 Å². The van der Waals surface area contributed by atoms with Crippen LogP contribution < -0.4 is 0 Å². The maximum Gasteiger partial charge on any atom is 0.146 e. The van der Waals surface area contributed by atoms with Crippen LogP contribution in [0.5, 0.6) is 0 Å². The summed E-state index contributed by atoms with van der Waals surface area (Å²) in [5, 5.41) is 0. The summed E-state index contributed by atoms with van der Waals surface area (Å²) >= 11 is 0. The molecule has 0 bridgehead atoms. The van der Waals surface area contributed by atoms with Crippen molar-refractivity contribution in [3.63, 3.8) is 0 Å². The molecule has 0 aliphatic carbocycles. The summed E-state index contributed by atoms with van der Waals surface area (Å²) < 4.78 is 0. The largest absolute Gasteiger partial charge is 0.278 e. The maximum absolute atomic E-state index is 3.47. The van der Waals surface area contributed by atoms with E-state index in [1.807, 2.05) is 0 Å². The second-order valence-corrected chi connectivity index (χ2v) is 7.06. The molecule has 1 fully saturated rings. The third-order valence-electron chi connectivity index (χ3n) is 2.25. The fraction of sp³-hybridized carbons (Fsp3) is 0.923. The van der Waals surface area contributed by atoms with E-state index in [0.717, 1.165) is 26.2 Å². The second kappa shape index (κ2) is 4.42. The third kappa shape index (κ3) is 5.53. The van der Waals surface area contributed by atoms with E-state index in [0.29, 0.717) is 10.8 Å². The van der Waals surface area contributed by atoms with Crippen LogP contribution in [-0.2, 0) is 0 Å². The van der Waals surface area contributed by atoms with E-state index in [-0.39, 0.29) is 0 Å². The van der Waals surface area contributed by atoms with Gasteiger partial charge in [-0.3, -0.25) is 9.80 Å². The minimum atomic E-state index is 0.366. The fourth-order valence-electron chi connectivity index (χ4n) is 1.92. The number of hydrogen-bond donors (Lipinski definition) is 0. The summed E-state index contributed by atoms with van der Waals surface area (Å²) in [4.78, 5) is 4.65. The molecule has 15 heavy (non-hydrogen) atoms. The van der Waals surface area contributed by atoms with E-state index in [9.17, 15) is 0 Å². The molecule has 1 heterocycles. The van der Waals surface area contributed by atoms with Gasteiger partial charge >= 0.3 is 0 Å². The predicted octanol–water partition coefficient (Wildman–Crippen LogP) is 2.69. The molecule has 0 saturated carbocycles. The molecule has 0 aromatic carbocycles. The Morgan fingerprint density at radius 1 is 0.800 bits per heavy atom. The van der Waals surface area contributed by atoms with Crippen molar-refractivity contribution < 1.29 is 0 Å². The molecule has 0 N–H and O–H groups in total. The van der Waals surface area contributed by atoms with Crippen LogP contribution in [-0.4, -0.2) is 36.0 Å². The third-order valence-corrected chi connectivity index (χ3v) is 2.25. The summed E-state index contributed by atoms with van der Waals surface area (Å²) in [6, 6.07) is 0. The van der Waals surface area contributed by atoms with E-state index < -0.39 is 0 Å². The molecule has 0 amide bonds. The lowest BCUT2D eigenvalue weighted by atomic mass is 9.96. The minimum absolute atomic E-state index is 0.366. The van der Waals surface area contributed by atoms with Gasteiger partial charge < -0.3 is 0 Å². The van der Waals surface area contributed by atoms with Crippen LogP contribution in [0.3, 0.4) is 0 Å². The highest BCUT2D eigenvalue weighted by molar-refractivity contribution is 4.85. The quantitative estimate of drug-likeness (QED) is 0.691. The van der Waals surface area contributed by atoms with Crippen molar-refractivity contribution in [3.05, 3.63) is 6.67 Å². The molecule has 0 aromatic rings. The molecule has 2 heteroatoms. The van der Waals surface area contributed by atoms with Gasteiger partial charge in [0.05, 0.1) is 0 Å². The average molecular weight is 210 g/mol. The Labute approximate surface area is 95.6 Å². The van der Waals surface area contributed by atoms with Crippen LogP contribution in [0, 0.1) is 17.5 Å². The lowest BCUT2D eigenvalue weighted by molar-refractivity contribution is 0.210. The van der Waals surface area contributed by atoms with Crippen molar-refractivity contribution in [2.24, 2.45) is 10.8 Å². The van der Waals surface area contributed by atoms with Crippen molar-refractivity contribution in [2.75, 3.05) is 26.2 Å². The molecule has 88 valence electrons. The molecular formula is C13H26N2. The lowest BCUT2D eigenvalue weighted by Crippen LogP contribution is -2.31. The van der Waals surface area contributed by atoms with Crippen LogP contribution in [0.25, 0.3) is 0 Å². The van der Waals surface area contributed by atoms with E-state index in [4.69, 9.17) is 0 Å². The van der Waals surface area contributed by atoms with Crippen molar-refractivity contribution in [1.82, 2.24) is 9.80 Å². The van der Waals surface area contributed by atoms with Crippen molar-refractivity contribution in [2.45, 2.75) is 41.5 Å². The Morgan fingerprint density at radius 2 is 1.13 bits per heavy atom. The first-order valence-electron chi connectivity index (χ1n) is 5.92. The first kappa shape index (κ1) is 13.0. The summed E-state index contributed by atoms with van der Waals surface area (Å²) in [5.74, 6) is 0. The highest BCUT2D eigenvalue weighted by Gasteiger charge is 2.27. The van der Waals surface area contributed by atoms with Gasteiger partial charge in [-0.25, -0.2) is 0 Å². The number of rotatable bonds is 2. The molecule has 0 aromatic heterocycles. The van der Waals surface area contributed by atoms with E-state index in [1.165, 1.54) is 0 Å². The molecule has 1 aliphatic heterocycles. The van der Waals surface area contributed by atoms with Crippen molar-refractivity contribution >= 4 is 0 Å². The highest BCUT2D eigenvalue weighted by Crippen LogP contribution is 2.23. The summed E-state index contributed by atoms with van der Waals surface area (Å²) in [6.45, 7) is 21.6. The normalized spacial score (nSPS) is 21.2. The Kier molecular flexibility index (Phi) is 3.83. The molecule has 1 saturated heterocycles. The van der Waals surface area contributed by atoms with Crippen LogP contribution in [0.1, 0.15) is 41.5 Å². The lowest BCUT2D eigenvalue weighted by Gasteiger charge is -2.27. The van der Waals surface area contributed by atoms with Gasteiger partial charge in [-0.15, -0.1) is 0 Å². The molecule has 1 aliphatic rings. The molecule has 0 atom stereocenters. The van der Waals surface area contributed by atoms with Gasteiger partial charge in [0.2, 0.25) is 0 Å². The van der Waals surface area contributed by atoms with Gasteiger partial charge in [0, 0.05) is 26.2 Å². The van der Waals surface area contributed by atoms with E-state index in [2.05, 4.69) is 58.0 Å². The summed E-state index contributed by atoms with van der Waals surface area (Å²) in [7, 11) is 0. The van der Waals surface area contributed by atoms with E-state index in [1.54, 1.807) is 0 Å². The Bertz CT molecular complexity index is 176. The first-order chi connectivity index (χ1) is 6.66. The van der Waals surface area contributed by atoms with Crippen molar-refractivity contribution in [3.8, 4) is 0 Å². The molecule has 1 rings (SSSR count). The van der Waals surface area contributed by atoms with Gasteiger partial charge in [0.15, 0.2) is 0 Å². The van der Waals surface area contributed by atoms with Crippen LogP contribution in [0.4, 0.5) is 0 Å². The standard InChI is InChI=1S/C13H26N2/c1-12(2,3)9-14-7-8-15(11-14)10-13(4,5)6/h7-10H2,1-6H3. The Morgan fingerprint density at radius 3 is 1.40 bits per heavy atom. The van der Waals surface area contributed by atoms with Crippen LogP contribution >= 0.6 is 0 Å². The fourth-order valence-corrected chi connectivity index (χ4v) is 1.92. The zero-order valence-electron chi connectivity index (χ0n) is 11.2. The monoisotopic (exact) mass is 210 g/mol. The maximum atomic E-state index is 3.47. The molecular weight excluding hydrogens is 184 g/mol. The smallest absolute Gasteiger partial charge is 0.146 e. The van der Waals surface area contributed by atoms with Crippen LogP contribution in [0.15, 0.2) is 0 Å². The SMILES string of the molecule is CC(C)(C)CN1[C]N(CC(C)(C)C)CC1. The van der Waals surface area contributed by atoms with Gasteiger partial charge in [-0.2, -0.15) is 0 Å². The zero-order valence-corrected chi connectivity index (χ0v) is 11.2. The molecule has 2 radical (unpaired) electrons. The molecule has 0 unspecified atom stereocenters. The predicted molar refractivity (Wildman–Crippen MR) is 65.3 cm³/mol. The number of nitrogens with zero attached hydrogens (tertiary/aromatic N) is 2. The summed E-state index contributed by atoms with van der Waals surface area (Å²) in [6.07, 6.45) is 0. The Hall–Kier alpha value is -0.0800. The molecule has 2 nitrogen and oxygen atoms in total. The first-order valence-corrected chi connectivity index (χ1v) is 5.92. The topological polar surface area (TPSA) is 6.48 Å². The molecule has 0 spiro atoms. The zero-order chi connectivity index (χ0) is 11.7. The summed E-state index contributed by atoms with van der Waals surface area (Å²) in [5.41, 5.74) is 0.732. The number of hydrogen-bond acceptors (Lipinski definition) is 2. The van der Waals surface area contributed by atoms with Crippen molar-refractivity contribution in [1.29, 1.82) is 0 Å².